The number of likely N-dealkylation sites (N-methyl/N-ethyl adjacent to an activating group) is 1. The summed E-state index contributed by atoms with van der Waals surface area (Å²) in [7, 11) is 2.00. The van der Waals surface area contributed by atoms with E-state index in [-0.39, 0.29) is 0 Å². The van der Waals surface area contributed by atoms with Crippen LogP contribution in [0, 0.1) is 0 Å². The summed E-state index contributed by atoms with van der Waals surface area (Å²) in [6.45, 7) is 3.77. The van der Waals surface area contributed by atoms with Crippen molar-refractivity contribution in [2.45, 2.75) is 51.1 Å². The van der Waals surface area contributed by atoms with E-state index in [9.17, 15) is 4.79 Å². The van der Waals surface area contributed by atoms with Gasteiger partial charge in [-0.15, -0.1) is 0 Å². The van der Waals surface area contributed by atoms with E-state index >= 15 is 0 Å². The van der Waals surface area contributed by atoms with Crippen molar-refractivity contribution in [3.8, 4) is 0 Å². The van der Waals surface area contributed by atoms with Gasteiger partial charge in [-0.1, -0.05) is 19.8 Å². The van der Waals surface area contributed by atoms with Crippen LogP contribution < -0.4 is 5.32 Å². The van der Waals surface area contributed by atoms with Crippen LogP contribution in [0.4, 0.5) is 0 Å². The Morgan fingerprint density at radius 2 is 2.19 bits per heavy atom. The lowest BCUT2D eigenvalue weighted by molar-refractivity contribution is -0.140. The molecular formula is C12H24N2O2. The summed E-state index contributed by atoms with van der Waals surface area (Å²) in [6, 6.07) is 0.0456. The summed E-state index contributed by atoms with van der Waals surface area (Å²) >= 11 is 0. The molecule has 0 aliphatic heterocycles. The van der Waals surface area contributed by atoms with Crippen molar-refractivity contribution in [1.29, 1.82) is 0 Å². The zero-order chi connectivity index (χ0) is 12.0. The second-order valence-electron chi connectivity index (χ2n) is 4.80. The molecular weight excluding hydrogens is 204 g/mol. The van der Waals surface area contributed by atoms with Crippen LogP contribution in [0.3, 0.4) is 0 Å². The van der Waals surface area contributed by atoms with Gasteiger partial charge in [0, 0.05) is 12.6 Å². The van der Waals surface area contributed by atoms with Gasteiger partial charge in [-0.25, -0.2) is 0 Å². The highest BCUT2D eigenvalue weighted by Crippen LogP contribution is 2.19. The van der Waals surface area contributed by atoms with Gasteiger partial charge in [-0.05, 0) is 32.9 Å². The molecule has 0 aromatic carbocycles. The largest absolute Gasteiger partial charge is 0.480 e. The molecule has 0 amide bonds. The van der Waals surface area contributed by atoms with Gasteiger partial charge in [0.25, 0.3) is 0 Å². The fraction of sp³-hybridized carbons (Fsp3) is 0.917. The Morgan fingerprint density at radius 3 is 2.69 bits per heavy atom. The minimum absolute atomic E-state index is 0.404. The number of rotatable bonds is 9. The van der Waals surface area contributed by atoms with Crippen LogP contribution in [0.5, 0.6) is 0 Å². The molecule has 1 unspecified atom stereocenters. The molecule has 0 radical (unpaired) electrons. The molecule has 0 bridgehead atoms. The number of hydrogen-bond acceptors (Lipinski definition) is 3. The molecule has 1 fully saturated rings. The van der Waals surface area contributed by atoms with Crippen molar-refractivity contribution in [2.24, 2.45) is 0 Å². The van der Waals surface area contributed by atoms with E-state index in [0.717, 1.165) is 25.8 Å². The highest BCUT2D eigenvalue weighted by atomic mass is 16.4. The van der Waals surface area contributed by atoms with Crippen molar-refractivity contribution in [3.05, 3.63) is 0 Å². The Morgan fingerprint density at radius 1 is 1.50 bits per heavy atom. The van der Waals surface area contributed by atoms with Crippen LogP contribution in [-0.4, -0.2) is 48.2 Å². The third-order valence-electron chi connectivity index (χ3n) is 2.95. The van der Waals surface area contributed by atoms with Crippen LogP contribution >= 0.6 is 0 Å². The quantitative estimate of drug-likeness (QED) is 0.584. The summed E-state index contributed by atoms with van der Waals surface area (Å²) in [5.74, 6) is -0.728. The maximum absolute atomic E-state index is 11.0. The number of hydrogen-bond donors (Lipinski definition) is 2. The molecule has 4 heteroatoms. The summed E-state index contributed by atoms with van der Waals surface area (Å²) in [4.78, 5) is 13.2. The number of nitrogens with one attached hydrogen (secondary N) is 1. The van der Waals surface area contributed by atoms with Gasteiger partial charge >= 0.3 is 5.97 Å². The molecule has 0 spiro atoms. The van der Waals surface area contributed by atoms with Crippen LogP contribution in [0.2, 0.25) is 0 Å². The summed E-state index contributed by atoms with van der Waals surface area (Å²) < 4.78 is 0. The lowest BCUT2D eigenvalue weighted by atomic mass is 10.2. The van der Waals surface area contributed by atoms with E-state index in [1.165, 1.54) is 12.8 Å². The van der Waals surface area contributed by atoms with Gasteiger partial charge in [-0.3, -0.25) is 4.79 Å². The molecule has 4 nitrogen and oxygen atoms in total. The smallest absolute Gasteiger partial charge is 0.322 e. The molecule has 0 aromatic rings. The summed E-state index contributed by atoms with van der Waals surface area (Å²) in [5.41, 5.74) is 0. The summed E-state index contributed by atoms with van der Waals surface area (Å²) in [5, 5.41) is 12.3. The fourth-order valence-corrected chi connectivity index (χ4v) is 1.77. The Kier molecular flexibility index (Phi) is 5.77. The minimum atomic E-state index is -0.728. The zero-order valence-electron chi connectivity index (χ0n) is 10.4. The normalized spacial score (nSPS) is 17.7. The number of carbonyl (C=O) groups is 1. The first-order valence-electron chi connectivity index (χ1n) is 6.31. The molecule has 0 aromatic heterocycles. The molecule has 2 N–H and O–H groups in total. The van der Waals surface area contributed by atoms with Crippen molar-refractivity contribution in [2.75, 3.05) is 20.1 Å². The number of aliphatic carboxylic acids is 1. The third-order valence-corrected chi connectivity index (χ3v) is 2.95. The fourth-order valence-electron chi connectivity index (χ4n) is 1.77. The van der Waals surface area contributed by atoms with E-state index in [1.807, 2.05) is 7.05 Å². The van der Waals surface area contributed by atoms with Gasteiger partial charge in [0.2, 0.25) is 0 Å². The number of nitrogens with zero attached hydrogens (tertiary/aromatic N) is 1. The van der Waals surface area contributed by atoms with Crippen molar-refractivity contribution in [3.63, 3.8) is 0 Å². The maximum Gasteiger partial charge on any atom is 0.322 e. The van der Waals surface area contributed by atoms with Gasteiger partial charge in [0.15, 0.2) is 0 Å². The highest BCUT2D eigenvalue weighted by Gasteiger charge is 2.28. The van der Waals surface area contributed by atoms with E-state index in [4.69, 9.17) is 5.11 Å². The zero-order valence-corrected chi connectivity index (χ0v) is 10.4. The van der Waals surface area contributed by atoms with Crippen LogP contribution in [0.1, 0.15) is 39.0 Å². The van der Waals surface area contributed by atoms with Crippen LogP contribution in [0.25, 0.3) is 0 Å². The predicted octanol–water partition coefficient (Wildman–Crippen LogP) is 1.31. The topological polar surface area (TPSA) is 52.6 Å². The Hall–Kier alpha value is -0.610. The van der Waals surface area contributed by atoms with Crippen molar-refractivity contribution in [1.82, 2.24) is 10.2 Å². The van der Waals surface area contributed by atoms with E-state index in [0.29, 0.717) is 12.6 Å². The van der Waals surface area contributed by atoms with E-state index in [1.54, 1.807) is 0 Å². The first-order valence-corrected chi connectivity index (χ1v) is 6.31. The van der Waals surface area contributed by atoms with Gasteiger partial charge in [0.05, 0.1) is 0 Å². The first kappa shape index (κ1) is 13.5. The van der Waals surface area contributed by atoms with Crippen LogP contribution in [-0.2, 0) is 4.79 Å². The third kappa shape index (κ3) is 5.47. The second kappa shape index (κ2) is 6.86. The molecule has 94 valence electrons. The first-order chi connectivity index (χ1) is 7.63. The van der Waals surface area contributed by atoms with E-state index in [2.05, 4.69) is 17.1 Å². The minimum Gasteiger partial charge on any atom is -0.480 e. The van der Waals surface area contributed by atoms with Gasteiger partial charge in [-0.2, -0.15) is 0 Å². The molecule has 1 aliphatic rings. The molecule has 1 saturated carbocycles. The molecule has 1 atom stereocenters. The maximum atomic E-state index is 11.0. The Balaban J connectivity index is 2.20. The SMILES string of the molecule is CCCCCN(C)CC(NC1CC1)C(=O)O. The lowest BCUT2D eigenvalue weighted by Crippen LogP contribution is -2.46. The average Bonchev–Trinajstić information content (AvgIpc) is 3.01. The van der Waals surface area contributed by atoms with Crippen molar-refractivity contribution < 1.29 is 9.90 Å². The number of carboxylic acid groups (broad SMARTS) is 1. The molecule has 16 heavy (non-hydrogen) atoms. The number of unbranched alkanes of at least 4 members (excludes halogenated alkanes) is 2. The van der Waals surface area contributed by atoms with Crippen molar-refractivity contribution >= 4 is 5.97 Å². The average molecular weight is 228 g/mol. The highest BCUT2D eigenvalue weighted by molar-refractivity contribution is 5.73. The molecule has 0 saturated heterocycles. The standard InChI is InChI=1S/C12H24N2O2/c1-3-4-5-8-14(2)9-11(12(15)16)13-10-6-7-10/h10-11,13H,3-9H2,1-2H3,(H,15,16). The van der Waals surface area contributed by atoms with Gasteiger partial charge < -0.3 is 15.3 Å². The molecule has 1 aliphatic carbocycles. The summed E-state index contributed by atoms with van der Waals surface area (Å²) in [6.07, 6.45) is 5.84. The Bertz CT molecular complexity index is 217. The number of carboxylic acids is 1. The second-order valence-corrected chi connectivity index (χ2v) is 4.80. The van der Waals surface area contributed by atoms with E-state index < -0.39 is 12.0 Å². The lowest BCUT2D eigenvalue weighted by Gasteiger charge is -2.22. The predicted molar refractivity (Wildman–Crippen MR) is 64.6 cm³/mol. The van der Waals surface area contributed by atoms with Gasteiger partial charge in [0.1, 0.15) is 6.04 Å². The Labute approximate surface area is 98.0 Å². The molecule has 1 rings (SSSR count). The van der Waals surface area contributed by atoms with Crippen LogP contribution in [0.15, 0.2) is 0 Å². The molecule has 0 heterocycles. The monoisotopic (exact) mass is 228 g/mol.